The topological polar surface area (TPSA) is 55.2 Å². The first kappa shape index (κ1) is 24.2. The molecule has 0 saturated heterocycles. The zero-order chi connectivity index (χ0) is 25.8. The number of aromatic nitrogens is 2. The summed E-state index contributed by atoms with van der Waals surface area (Å²) in [5, 5.41) is 0.547. The van der Waals surface area contributed by atoms with E-state index >= 15 is 0 Å². The number of hydrogen-bond donors (Lipinski definition) is 0. The number of amides is 1. The molecule has 1 unspecified atom stereocenters. The predicted octanol–water partition coefficient (Wildman–Crippen LogP) is 6.13. The Bertz CT molecular complexity index is 1520. The average molecular weight is 488 g/mol. The Morgan fingerprint density at radius 2 is 1.30 bits per heavy atom. The number of carbonyl (C=O) groups excluding carboxylic acids is 1. The lowest BCUT2D eigenvalue weighted by molar-refractivity contribution is -0.133. The predicted molar refractivity (Wildman–Crippen MR) is 148 cm³/mol. The van der Waals surface area contributed by atoms with Gasteiger partial charge in [-0.15, -0.1) is 0 Å². The second-order valence-corrected chi connectivity index (χ2v) is 9.09. The number of likely N-dealkylation sites (N-methyl/N-ethyl adjacent to an activating group) is 1. The Kier molecular flexibility index (Phi) is 6.95. The van der Waals surface area contributed by atoms with E-state index in [4.69, 9.17) is 4.98 Å². The van der Waals surface area contributed by atoms with Crippen molar-refractivity contribution in [2.75, 3.05) is 7.05 Å². The van der Waals surface area contributed by atoms with Crippen molar-refractivity contribution in [3.63, 3.8) is 0 Å². The fourth-order valence-corrected chi connectivity index (χ4v) is 4.96. The highest BCUT2D eigenvalue weighted by Gasteiger charge is 2.32. The highest BCUT2D eigenvalue weighted by atomic mass is 16.2. The second-order valence-electron chi connectivity index (χ2n) is 9.09. The van der Waals surface area contributed by atoms with E-state index in [9.17, 15) is 9.59 Å². The number of rotatable bonds is 7. The molecule has 5 rings (SSSR count). The van der Waals surface area contributed by atoms with E-state index in [1.54, 1.807) is 15.5 Å². The highest BCUT2D eigenvalue weighted by Crippen LogP contribution is 2.32. The molecule has 0 spiro atoms. The summed E-state index contributed by atoms with van der Waals surface area (Å²) >= 11 is 0. The van der Waals surface area contributed by atoms with Gasteiger partial charge in [0.1, 0.15) is 5.82 Å². The van der Waals surface area contributed by atoms with Crippen LogP contribution in [-0.2, 0) is 4.79 Å². The molecule has 0 N–H and O–H groups in total. The van der Waals surface area contributed by atoms with Gasteiger partial charge in [0.15, 0.2) is 0 Å². The monoisotopic (exact) mass is 487 g/mol. The second kappa shape index (κ2) is 10.6. The Morgan fingerprint density at radius 1 is 0.784 bits per heavy atom. The van der Waals surface area contributed by atoms with Crippen LogP contribution < -0.4 is 5.56 Å². The van der Waals surface area contributed by atoms with Gasteiger partial charge < -0.3 is 4.90 Å². The molecule has 5 aromatic rings. The number of benzene rings is 4. The lowest BCUT2D eigenvalue weighted by Gasteiger charge is -2.32. The third-order valence-corrected chi connectivity index (χ3v) is 6.83. The molecule has 1 aromatic heterocycles. The number of para-hydroxylation sites is 2. The molecule has 0 aliphatic heterocycles. The molecule has 1 amide bonds. The molecular formula is C32H29N3O2. The molecule has 184 valence electrons. The van der Waals surface area contributed by atoms with Gasteiger partial charge in [-0.3, -0.25) is 14.2 Å². The molecule has 37 heavy (non-hydrogen) atoms. The quantitative estimate of drug-likeness (QED) is 0.278. The maximum absolute atomic E-state index is 14.2. The van der Waals surface area contributed by atoms with E-state index < -0.39 is 12.0 Å². The molecule has 0 radical (unpaired) electrons. The van der Waals surface area contributed by atoms with Crippen LogP contribution in [0.5, 0.6) is 0 Å². The van der Waals surface area contributed by atoms with E-state index in [0.29, 0.717) is 23.1 Å². The molecule has 4 aromatic carbocycles. The lowest BCUT2D eigenvalue weighted by atomic mass is 9.89. The lowest BCUT2D eigenvalue weighted by Crippen LogP contribution is -2.38. The van der Waals surface area contributed by atoms with Crippen molar-refractivity contribution < 1.29 is 4.79 Å². The molecule has 0 aliphatic carbocycles. The molecule has 0 aliphatic rings. The maximum atomic E-state index is 14.2. The zero-order valence-corrected chi connectivity index (χ0v) is 21.0. The SMILES string of the molecule is CCC(c1nc2ccccc2c(=O)n1-c1ccccc1)N(C)C(=O)C(c1ccccc1)c1ccccc1. The van der Waals surface area contributed by atoms with Crippen molar-refractivity contribution in [3.8, 4) is 5.69 Å². The van der Waals surface area contributed by atoms with Gasteiger partial charge in [0.2, 0.25) is 5.91 Å². The van der Waals surface area contributed by atoms with Crippen LogP contribution in [0.1, 0.15) is 42.3 Å². The van der Waals surface area contributed by atoms with Crippen molar-refractivity contribution in [2.24, 2.45) is 0 Å². The summed E-state index contributed by atoms with van der Waals surface area (Å²) < 4.78 is 1.65. The van der Waals surface area contributed by atoms with Gasteiger partial charge in [-0.05, 0) is 41.8 Å². The summed E-state index contributed by atoms with van der Waals surface area (Å²) in [6.45, 7) is 2.02. The first-order valence-corrected chi connectivity index (χ1v) is 12.5. The molecule has 5 heteroatoms. The number of hydrogen-bond acceptors (Lipinski definition) is 3. The smallest absolute Gasteiger partial charge is 0.266 e. The van der Waals surface area contributed by atoms with E-state index in [-0.39, 0.29) is 11.5 Å². The summed E-state index contributed by atoms with van der Waals surface area (Å²) in [5.74, 6) is 0.0261. The third kappa shape index (κ3) is 4.68. The fraction of sp³-hybridized carbons (Fsp3) is 0.156. The van der Waals surface area contributed by atoms with Crippen LogP contribution in [0.15, 0.2) is 120 Å². The van der Waals surface area contributed by atoms with Gasteiger partial charge in [0.05, 0.1) is 28.6 Å². The van der Waals surface area contributed by atoms with Crippen molar-refractivity contribution in [3.05, 3.63) is 143 Å². The van der Waals surface area contributed by atoms with Crippen molar-refractivity contribution in [1.29, 1.82) is 0 Å². The minimum atomic E-state index is -0.473. The Morgan fingerprint density at radius 3 is 1.86 bits per heavy atom. The van der Waals surface area contributed by atoms with Gasteiger partial charge in [0, 0.05) is 7.05 Å². The van der Waals surface area contributed by atoms with E-state index in [0.717, 1.165) is 16.8 Å². The van der Waals surface area contributed by atoms with Crippen molar-refractivity contribution in [2.45, 2.75) is 25.3 Å². The van der Waals surface area contributed by atoms with E-state index in [1.807, 2.05) is 123 Å². The standard InChI is InChI=1S/C32H29N3O2/c1-3-28(34(2)32(37)29(23-15-7-4-8-16-23)24-17-9-5-10-18-24)30-33-27-22-14-13-21-26(27)31(36)35(30)25-19-11-6-12-20-25/h4-22,28-29H,3H2,1-2H3. The number of carbonyl (C=O) groups is 1. The van der Waals surface area contributed by atoms with Gasteiger partial charge in [0.25, 0.3) is 5.56 Å². The summed E-state index contributed by atoms with van der Waals surface area (Å²) in [6, 6.07) is 36.1. The highest BCUT2D eigenvalue weighted by molar-refractivity contribution is 5.87. The number of nitrogens with zero attached hydrogens (tertiary/aromatic N) is 3. The first-order valence-electron chi connectivity index (χ1n) is 12.5. The Balaban J connectivity index is 1.66. The van der Waals surface area contributed by atoms with Crippen molar-refractivity contribution >= 4 is 16.8 Å². The van der Waals surface area contributed by atoms with Crippen LogP contribution >= 0.6 is 0 Å². The zero-order valence-electron chi connectivity index (χ0n) is 21.0. The van der Waals surface area contributed by atoms with Gasteiger partial charge in [-0.25, -0.2) is 4.98 Å². The molecule has 1 heterocycles. The van der Waals surface area contributed by atoms with E-state index in [1.165, 1.54) is 0 Å². The van der Waals surface area contributed by atoms with Crippen LogP contribution in [0.3, 0.4) is 0 Å². The molecule has 0 saturated carbocycles. The van der Waals surface area contributed by atoms with E-state index in [2.05, 4.69) is 0 Å². The largest absolute Gasteiger partial charge is 0.335 e. The Labute approximate surface area is 216 Å². The van der Waals surface area contributed by atoms with Gasteiger partial charge in [-0.1, -0.05) is 97.9 Å². The van der Waals surface area contributed by atoms with Gasteiger partial charge >= 0.3 is 0 Å². The van der Waals surface area contributed by atoms with Crippen LogP contribution in [0.2, 0.25) is 0 Å². The minimum Gasteiger partial charge on any atom is -0.335 e. The Hall–Kier alpha value is -4.51. The van der Waals surface area contributed by atoms with Crippen LogP contribution in [0, 0.1) is 0 Å². The summed E-state index contributed by atoms with van der Waals surface area (Å²) in [4.78, 5) is 34.7. The van der Waals surface area contributed by atoms with Gasteiger partial charge in [-0.2, -0.15) is 0 Å². The van der Waals surface area contributed by atoms with Crippen LogP contribution in [0.4, 0.5) is 0 Å². The van der Waals surface area contributed by atoms with Crippen molar-refractivity contribution in [1.82, 2.24) is 14.5 Å². The molecule has 0 bridgehead atoms. The first-order chi connectivity index (χ1) is 18.1. The average Bonchev–Trinajstić information content (AvgIpc) is 2.95. The fourth-order valence-electron chi connectivity index (χ4n) is 4.96. The minimum absolute atomic E-state index is 0.0498. The normalized spacial score (nSPS) is 12.0. The summed E-state index contributed by atoms with van der Waals surface area (Å²) in [6.07, 6.45) is 0.593. The molecule has 5 nitrogen and oxygen atoms in total. The number of fused-ring (bicyclic) bond motifs is 1. The molecular weight excluding hydrogens is 458 g/mol. The molecule has 0 fully saturated rings. The third-order valence-electron chi connectivity index (χ3n) is 6.83. The van der Waals surface area contributed by atoms with Crippen LogP contribution in [-0.4, -0.2) is 27.4 Å². The summed E-state index contributed by atoms with van der Waals surface area (Å²) in [7, 11) is 1.81. The maximum Gasteiger partial charge on any atom is 0.266 e. The summed E-state index contributed by atoms with van der Waals surface area (Å²) in [5.41, 5.74) is 3.05. The van der Waals surface area contributed by atoms with Crippen LogP contribution in [0.25, 0.3) is 16.6 Å². The molecule has 1 atom stereocenters.